The third kappa shape index (κ3) is 8.59. The van der Waals surface area contributed by atoms with Gasteiger partial charge in [0.05, 0.1) is 27.8 Å². The fraction of sp³-hybridized carbons (Fsp3) is 0.184. The van der Waals surface area contributed by atoms with E-state index in [-0.39, 0.29) is 11.0 Å². The summed E-state index contributed by atoms with van der Waals surface area (Å²) in [5.41, 5.74) is 23.9. The van der Waals surface area contributed by atoms with Gasteiger partial charge in [-0.2, -0.15) is 9.13 Å². The second-order valence-corrected chi connectivity index (χ2v) is 22.4. The van der Waals surface area contributed by atoms with Crippen LogP contribution < -0.4 is 9.13 Å². The monoisotopic (exact) mass is 1010 g/mol. The van der Waals surface area contributed by atoms with Gasteiger partial charge in [-0.05, 0) is 182 Å². The van der Waals surface area contributed by atoms with Crippen LogP contribution in [0, 0.1) is 0 Å². The smallest absolute Gasteiger partial charge is 0.197 e. The molecule has 0 bridgehead atoms. The van der Waals surface area contributed by atoms with Crippen LogP contribution in [-0.4, -0.2) is 0 Å². The summed E-state index contributed by atoms with van der Waals surface area (Å²) >= 11 is 0. The average molecular weight is 1010 g/mol. The molecular weight excluding hydrogens is 941 g/mol. The van der Waals surface area contributed by atoms with E-state index in [1.807, 2.05) is 0 Å². The maximum Gasteiger partial charge on any atom is 0.220 e. The Balaban J connectivity index is 0.897. The van der Waals surface area contributed by atoms with Gasteiger partial charge in [0, 0.05) is 31.0 Å². The van der Waals surface area contributed by atoms with Gasteiger partial charge >= 0.3 is 0 Å². The zero-order chi connectivity index (χ0) is 52.8. The molecule has 0 saturated carbocycles. The molecule has 11 aromatic rings. The molecule has 2 heteroatoms. The van der Waals surface area contributed by atoms with E-state index in [1.54, 1.807) is 0 Å². The van der Waals surface area contributed by atoms with Gasteiger partial charge in [-0.25, -0.2) is 0 Å². The third-order valence-corrected chi connectivity index (χ3v) is 18.1. The molecule has 2 aliphatic heterocycles. The van der Waals surface area contributed by atoms with Crippen molar-refractivity contribution in [3.63, 3.8) is 0 Å². The predicted octanol–water partition coefficient (Wildman–Crippen LogP) is 19.1. The van der Waals surface area contributed by atoms with Gasteiger partial charge in [0.2, 0.25) is 11.4 Å². The lowest BCUT2D eigenvalue weighted by Gasteiger charge is -2.49. The molecule has 4 heterocycles. The number of aromatic nitrogens is 2. The summed E-state index contributed by atoms with van der Waals surface area (Å²) in [6.07, 6.45) is 11.3. The van der Waals surface area contributed by atoms with Crippen LogP contribution in [0.3, 0.4) is 0 Å². The zero-order valence-corrected chi connectivity index (χ0v) is 45.6. The fourth-order valence-electron chi connectivity index (χ4n) is 13.9. The van der Waals surface area contributed by atoms with E-state index in [2.05, 4.69) is 286 Å². The number of hydrogen-bond acceptors (Lipinski definition) is 0. The molecule has 2 nitrogen and oxygen atoms in total. The fourth-order valence-corrected chi connectivity index (χ4v) is 13.9. The van der Waals surface area contributed by atoms with Gasteiger partial charge in [-0.1, -0.05) is 179 Å². The van der Waals surface area contributed by atoms with Crippen molar-refractivity contribution in [2.24, 2.45) is 0 Å². The lowest BCUT2D eigenvalue weighted by Crippen LogP contribution is -2.69. The molecule has 9 aromatic carbocycles. The van der Waals surface area contributed by atoms with Crippen molar-refractivity contribution in [3.8, 4) is 89.3 Å². The number of aryl methyl sites for hydroxylation is 1. The van der Waals surface area contributed by atoms with Crippen LogP contribution in [0.2, 0.25) is 0 Å². The summed E-state index contributed by atoms with van der Waals surface area (Å²) in [6.45, 7) is 10.7. The first-order chi connectivity index (χ1) is 38.3. The Kier molecular flexibility index (Phi) is 12.9. The standard InChI is InChI=1S/C76H68N2/c1-5-8-23-53-24-21-30-57(42-53)63-44-61(54-25-11-9-12-26-54)46-65(48-63)66-47-62(55-27-13-10-14-28-55)45-64(49-66)59-32-22-31-58(43-59)60-37-38-72-71(50-60)73-36-19-20-40-78(73)76(7-3,75(72,4)6-2)51-67-52-77-41-39-56-29-15-16-34-69(56)74(77)70-35-18-17-33-68(67)70/h9-22,24-50,67H,5-8,23,51-52H2,1-4H3/q+2. The Labute approximate surface area is 462 Å². The van der Waals surface area contributed by atoms with Crippen LogP contribution in [-0.2, 0) is 23.9 Å². The number of benzene rings is 9. The van der Waals surface area contributed by atoms with Crippen LogP contribution in [0.15, 0.2) is 249 Å². The SMILES string of the molecule is CCCCc1cccc(-c2cc(-c3ccccc3)cc(-c3cc(-c4ccccc4)cc(-c4cccc(-c5ccc6c(c5)-c5cccc[n+]5C(CC)(CC5C[n+]7ccc8ccccc8c7-c7ccccc75)C6(C)CC)c4)c3)c2)c1. The highest BCUT2D eigenvalue weighted by Gasteiger charge is 2.60. The molecule has 0 fully saturated rings. The van der Waals surface area contributed by atoms with Crippen molar-refractivity contribution in [2.75, 3.05) is 0 Å². The summed E-state index contributed by atoms with van der Waals surface area (Å²) in [5, 5.41) is 2.62. The van der Waals surface area contributed by atoms with E-state index in [4.69, 9.17) is 0 Å². The summed E-state index contributed by atoms with van der Waals surface area (Å²) in [7, 11) is 0. The van der Waals surface area contributed by atoms with E-state index < -0.39 is 0 Å². The summed E-state index contributed by atoms with van der Waals surface area (Å²) in [4.78, 5) is 0. The van der Waals surface area contributed by atoms with E-state index in [1.165, 1.54) is 130 Å². The number of hydrogen-bond donors (Lipinski definition) is 0. The highest BCUT2D eigenvalue weighted by molar-refractivity contribution is 5.94. The number of rotatable bonds is 13. The van der Waals surface area contributed by atoms with E-state index >= 15 is 0 Å². The Morgan fingerprint density at radius 3 is 1.67 bits per heavy atom. The highest BCUT2D eigenvalue weighted by atomic mass is 15.1. The van der Waals surface area contributed by atoms with Crippen molar-refractivity contribution < 1.29 is 9.13 Å². The first-order valence-corrected chi connectivity index (χ1v) is 28.6. The molecule has 13 rings (SSSR count). The molecule has 3 atom stereocenters. The van der Waals surface area contributed by atoms with Crippen molar-refractivity contribution in [2.45, 2.75) is 89.6 Å². The molecule has 78 heavy (non-hydrogen) atoms. The third-order valence-electron chi connectivity index (χ3n) is 18.1. The summed E-state index contributed by atoms with van der Waals surface area (Å²) in [6, 6.07) is 89.3. The van der Waals surface area contributed by atoms with Gasteiger partial charge in [0.1, 0.15) is 0 Å². The van der Waals surface area contributed by atoms with Crippen molar-refractivity contribution >= 4 is 10.8 Å². The van der Waals surface area contributed by atoms with Crippen molar-refractivity contribution in [1.29, 1.82) is 0 Å². The lowest BCUT2D eigenvalue weighted by molar-refractivity contribution is -0.772. The maximum atomic E-state index is 2.71. The average Bonchev–Trinajstić information content (AvgIpc) is 3.53. The quantitative estimate of drug-likeness (QED) is 0.102. The largest absolute Gasteiger partial charge is 0.220 e. The highest BCUT2D eigenvalue weighted by Crippen LogP contribution is 2.55. The van der Waals surface area contributed by atoms with E-state index in [9.17, 15) is 0 Å². The van der Waals surface area contributed by atoms with Crippen molar-refractivity contribution in [3.05, 3.63) is 266 Å². The van der Waals surface area contributed by atoms with Crippen LogP contribution in [0.25, 0.3) is 100 Å². The molecule has 0 aliphatic carbocycles. The molecular formula is C76H68N2+2. The normalized spacial score (nSPS) is 17.2. The molecule has 0 amide bonds. The van der Waals surface area contributed by atoms with Crippen LogP contribution in [0.4, 0.5) is 0 Å². The second-order valence-electron chi connectivity index (χ2n) is 22.4. The Morgan fingerprint density at radius 1 is 0.436 bits per heavy atom. The molecule has 2 aliphatic rings. The molecule has 0 saturated heterocycles. The van der Waals surface area contributed by atoms with E-state index in [0.717, 1.165) is 32.2 Å². The Morgan fingerprint density at radius 2 is 0.987 bits per heavy atom. The minimum absolute atomic E-state index is 0.149. The molecule has 0 spiro atoms. The Hall–Kier alpha value is -8.46. The van der Waals surface area contributed by atoms with Crippen LogP contribution in [0.5, 0.6) is 0 Å². The maximum absolute atomic E-state index is 2.71. The molecule has 3 unspecified atom stereocenters. The molecule has 0 radical (unpaired) electrons. The van der Waals surface area contributed by atoms with Gasteiger partial charge in [-0.15, -0.1) is 0 Å². The topological polar surface area (TPSA) is 7.76 Å². The van der Waals surface area contributed by atoms with Gasteiger partial charge < -0.3 is 0 Å². The van der Waals surface area contributed by atoms with E-state index in [0.29, 0.717) is 5.92 Å². The number of unbranched alkanes of at least 4 members (excludes halogenated alkanes) is 1. The predicted molar refractivity (Wildman–Crippen MR) is 326 cm³/mol. The molecule has 380 valence electrons. The number of fused-ring (bicyclic) bond motifs is 8. The lowest BCUT2D eigenvalue weighted by atomic mass is 9.56. The van der Waals surface area contributed by atoms with Crippen LogP contribution in [0.1, 0.15) is 82.4 Å². The Bertz CT molecular complexity index is 4020. The summed E-state index contributed by atoms with van der Waals surface area (Å²) in [5.74, 6) is 0.331. The number of nitrogens with zero attached hydrogens (tertiary/aromatic N) is 2. The van der Waals surface area contributed by atoms with Gasteiger partial charge in [0.25, 0.3) is 0 Å². The minimum Gasteiger partial charge on any atom is -0.197 e. The minimum atomic E-state index is -0.180. The zero-order valence-electron chi connectivity index (χ0n) is 45.6. The second kappa shape index (κ2) is 20.5. The van der Waals surface area contributed by atoms with Crippen LogP contribution >= 0.6 is 0 Å². The first kappa shape index (κ1) is 49.1. The van der Waals surface area contributed by atoms with Gasteiger partial charge in [0.15, 0.2) is 24.5 Å². The van der Waals surface area contributed by atoms with Crippen molar-refractivity contribution in [1.82, 2.24) is 0 Å². The van der Waals surface area contributed by atoms with Gasteiger partial charge in [-0.3, -0.25) is 0 Å². The molecule has 0 N–H and O–H groups in total. The molecule has 2 aromatic heterocycles. The summed E-state index contributed by atoms with van der Waals surface area (Å²) < 4.78 is 5.25. The number of pyridine rings is 2. The first-order valence-electron chi connectivity index (χ1n) is 28.6.